The third kappa shape index (κ3) is 2.38. The monoisotopic (exact) mass is 311 g/mol. The van der Waals surface area contributed by atoms with Crippen LogP contribution in [-0.4, -0.2) is 32.4 Å². The van der Waals surface area contributed by atoms with Crippen molar-refractivity contribution in [2.24, 2.45) is 0 Å². The summed E-state index contributed by atoms with van der Waals surface area (Å²) in [5.41, 5.74) is 3.85. The first-order chi connectivity index (χ1) is 11.3. The van der Waals surface area contributed by atoms with Crippen LogP contribution >= 0.6 is 0 Å². The van der Waals surface area contributed by atoms with E-state index in [9.17, 15) is 0 Å². The third-order valence-electron chi connectivity index (χ3n) is 4.86. The van der Waals surface area contributed by atoms with Crippen LogP contribution in [0.4, 0.5) is 0 Å². The summed E-state index contributed by atoms with van der Waals surface area (Å²) in [6, 6.07) is 14.9. The molecule has 0 saturated carbocycles. The summed E-state index contributed by atoms with van der Waals surface area (Å²) in [7, 11) is 3.37. The molecule has 0 aliphatic carbocycles. The fraction of sp³-hybridized carbons (Fsp3) is 0.368. The van der Waals surface area contributed by atoms with E-state index in [0.717, 1.165) is 24.5 Å². The maximum atomic E-state index is 6.13. The van der Waals surface area contributed by atoms with Gasteiger partial charge < -0.3 is 14.2 Å². The highest BCUT2D eigenvalue weighted by atomic mass is 16.5. The molecule has 2 atom stereocenters. The van der Waals surface area contributed by atoms with Gasteiger partial charge in [0.15, 0.2) is 11.5 Å². The Bertz CT molecular complexity index is 701. The summed E-state index contributed by atoms with van der Waals surface area (Å²) >= 11 is 0. The van der Waals surface area contributed by atoms with Crippen molar-refractivity contribution in [1.29, 1.82) is 0 Å². The standard InChI is InChI=1S/C19H21NO3/c1-21-16-10-14-8-9-20-12-23-19(13-6-4-3-5-7-13)18(20)15(14)11-17(16)22-2/h3-7,10-11,18-19H,8-9,12H2,1-2H3/t18-,19-/m1/s1. The maximum Gasteiger partial charge on any atom is 0.161 e. The number of hydrogen-bond acceptors (Lipinski definition) is 4. The van der Waals surface area contributed by atoms with E-state index in [1.54, 1.807) is 14.2 Å². The highest BCUT2D eigenvalue weighted by Gasteiger charge is 2.41. The van der Waals surface area contributed by atoms with E-state index >= 15 is 0 Å². The third-order valence-corrected chi connectivity index (χ3v) is 4.86. The number of hydrogen-bond donors (Lipinski definition) is 0. The topological polar surface area (TPSA) is 30.9 Å². The van der Waals surface area contributed by atoms with Crippen LogP contribution in [0.15, 0.2) is 42.5 Å². The summed E-state index contributed by atoms with van der Waals surface area (Å²) in [5, 5.41) is 0. The maximum absolute atomic E-state index is 6.13. The van der Waals surface area contributed by atoms with Crippen molar-refractivity contribution in [2.45, 2.75) is 18.6 Å². The summed E-state index contributed by atoms with van der Waals surface area (Å²) in [5.74, 6) is 1.58. The SMILES string of the molecule is COc1cc2c(cc1OC)[C@@H]1[C@@H](c3ccccc3)OCN1CC2. The number of ether oxygens (including phenoxy) is 3. The highest BCUT2D eigenvalue weighted by Crippen LogP contribution is 2.47. The van der Waals surface area contributed by atoms with Gasteiger partial charge in [-0.15, -0.1) is 0 Å². The van der Waals surface area contributed by atoms with Crippen LogP contribution in [-0.2, 0) is 11.2 Å². The minimum atomic E-state index is 0.0633. The fourth-order valence-corrected chi connectivity index (χ4v) is 3.72. The molecule has 4 nitrogen and oxygen atoms in total. The molecule has 4 rings (SSSR count). The average molecular weight is 311 g/mol. The normalized spacial score (nSPS) is 23.2. The summed E-state index contributed by atoms with van der Waals surface area (Å²) in [6.07, 6.45) is 1.07. The Morgan fingerprint density at radius 1 is 1.04 bits per heavy atom. The van der Waals surface area contributed by atoms with Crippen molar-refractivity contribution in [3.05, 3.63) is 59.2 Å². The van der Waals surface area contributed by atoms with Gasteiger partial charge in [0, 0.05) is 6.54 Å². The van der Waals surface area contributed by atoms with Crippen molar-refractivity contribution in [2.75, 3.05) is 27.5 Å². The molecule has 0 bridgehead atoms. The van der Waals surface area contributed by atoms with E-state index in [4.69, 9.17) is 14.2 Å². The van der Waals surface area contributed by atoms with Crippen LogP contribution in [0.2, 0.25) is 0 Å². The molecule has 2 aromatic carbocycles. The molecule has 0 spiro atoms. The lowest BCUT2D eigenvalue weighted by Crippen LogP contribution is -2.32. The lowest BCUT2D eigenvalue weighted by molar-refractivity contribution is 0.0894. The van der Waals surface area contributed by atoms with Gasteiger partial charge in [0.25, 0.3) is 0 Å². The summed E-state index contributed by atoms with van der Waals surface area (Å²) in [6.45, 7) is 1.69. The number of fused-ring (bicyclic) bond motifs is 3. The second-order valence-electron chi connectivity index (χ2n) is 6.04. The zero-order valence-corrected chi connectivity index (χ0v) is 13.5. The van der Waals surface area contributed by atoms with E-state index in [2.05, 4.69) is 41.3 Å². The molecular formula is C19H21NO3. The Hall–Kier alpha value is -2.04. The Labute approximate surface area is 136 Å². The highest BCUT2D eigenvalue weighted by molar-refractivity contribution is 5.50. The van der Waals surface area contributed by atoms with Gasteiger partial charge in [0.2, 0.25) is 0 Å². The predicted molar refractivity (Wildman–Crippen MR) is 87.8 cm³/mol. The van der Waals surface area contributed by atoms with Crippen LogP contribution in [0.3, 0.4) is 0 Å². The molecule has 4 heteroatoms. The van der Waals surface area contributed by atoms with E-state index in [1.165, 1.54) is 16.7 Å². The summed E-state index contributed by atoms with van der Waals surface area (Å²) < 4.78 is 17.1. The summed E-state index contributed by atoms with van der Waals surface area (Å²) in [4.78, 5) is 2.41. The zero-order chi connectivity index (χ0) is 15.8. The molecule has 0 amide bonds. The molecular weight excluding hydrogens is 290 g/mol. The molecule has 0 aromatic heterocycles. The Kier molecular flexibility index (Phi) is 3.71. The first-order valence-corrected chi connectivity index (χ1v) is 7.97. The van der Waals surface area contributed by atoms with E-state index in [-0.39, 0.29) is 12.1 Å². The number of benzene rings is 2. The van der Waals surface area contributed by atoms with E-state index in [0.29, 0.717) is 6.73 Å². The molecule has 1 saturated heterocycles. The number of rotatable bonds is 3. The first kappa shape index (κ1) is 14.5. The Balaban J connectivity index is 1.79. The van der Waals surface area contributed by atoms with Gasteiger partial charge in [-0.2, -0.15) is 0 Å². The Morgan fingerprint density at radius 2 is 1.78 bits per heavy atom. The van der Waals surface area contributed by atoms with Crippen molar-refractivity contribution in [1.82, 2.24) is 4.90 Å². The molecule has 2 aliphatic rings. The van der Waals surface area contributed by atoms with Gasteiger partial charge in [-0.1, -0.05) is 30.3 Å². The van der Waals surface area contributed by atoms with Crippen molar-refractivity contribution < 1.29 is 14.2 Å². The molecule has 0 radical (unpaired) electrons. The van der Waals surface area contributed by atoms with Gasteiger partial charge in [-0.3, -0.25) is 4.90 Å². The molecule has 2 heterocycles. The van der Waals surface area contributed by atoms with Crippen LogP contribution in [0, 0.1) is 0 Å². The zero-order valence-electron chi connectivity index (χ0n) is 13.5. The molecule has 120 valence electrons. The smallest absolute Gasteiger partial charge is 0.161 e. The molecule has 2 aliphatic heterocycles. The lowest BCUT2D eigenvalue weighted by atomic mass is 9.87. The first-order valence-electron chi connectivity index (χ1n) is 7.97. The van der Waals surface area contributed by atoms with Crippen LogP contribution in [0.5, 0.6) is 11.5 Å². The largest absolute Gasteiger partial charge is 0.493 e. The van der Waals surface area contributed by atoms with Crippen LogP contribution in [0.25, 0.3) is 0 Å². The second kappa shape index (κ2) is 5.87. The Morgan fingerprint density at radius 3 is 2.52 bits per heavy atom. The van der Waals surface area contributed by atoms with Gasteiger partial charge in [0.05, 0.1) is 20.3 Å². The van der Waals surface area contributed by atoms with Gasteiger partial charge in [-0.05, 0) is 35.2 Å². The molecule has 0 unspecified atom stereocenters. The quantitative estimate of drug-likeness (QED) is 0.870. The average Bonchev–Trinajstić information content (AvgIpc) is 3.05. The number of nitrogens with zero attached hydrogens (tertiary/aromatic N) is 1. The van der Waals surface area contributed by atoms with Crippen molar-refractivity contribution >= 4 is 0 Å². The predicted octanol–water partition coefficient (Wildman–Crippen LogP) is 3.33. The van der Waals surface area contributed by atoms with Crippen LogP contribution < -0.4 is 9.47 Å². The second-order valence-corrected chi connectivity index (χ2v) is 6.04. The molecule has 2 aromatic rings. The van der Waals surface area contributed by atoms with Gasteiger partial charge in [-0.25, -0.2) is 0 Å². The lowest BCUT2D eigenvalue weighted by Gasteiger charge is -2.33. The molecule has 1 fully saturated rings. The van der Waals surface area contributed by atoms with Gasteiger partial charge >= 0.3 is 0 Å². The van der Waals surface area contributed by atoms with E-state index < -0.39 is 0 Å². The minimum Gasteiger partial charge on any atom is -0.493 e. The van der Waals surface area contributed by atoms with E-state index in [1.807, 2.05) is 6.07 Å². The van der Waals surface area contributed by atoms with Crippen molar-refractivity contribution in [3.8, 4) is 11.5 Å². The van der Waals surface area contributed by atoms with Crippen LogP contribution in [0.1, 0.15) is 28.8 Å². The number of methoxy groups -OCH3 is 2. The minimum absolute atomic E-state index is 0.0633. The molecule has 0 N–H and O–H groups in total. The van der Waals surface area contributed by atoms with Crippen molar-refractivity contribution in [3.63, 3.8) is 0 Å². The van der Waals surface area contributed by atoms with Gasteiger partial charge in [0.1, 0.15) is 12.8 Å². The molecule has 23 heavy (non-hydrogen) atoms. The fourth-order valence-electron chi connectivity index (χ4n) is 3.72.